The lowest BCUT2D eigenvalue weighted by Crippen LogP contribution is -2.27. The van der Waals surface area contributed by atoms with Gasteiger partial charge in [0.05, 0.1) is 12.2 Å². The molecular weight excluding hydrogens is 130 g/mol. The van der Waals surface area contributed by atoms with E-state index in [1.165, 1.54) is 0 Å². The van der Waals surface area contributed by atoms with E-state index < -0.39 is 0 Å². The number of rotatable bonds is 3. The number of hydrogen-bond acceptors (Lipinski definition) is 3. The highest BCUT2D eigenvalue weighted by Crippen LogP contribution is 2.04. The first-order valence-electron chi connectivity index (χ1n) is 3.85. The predicted octanol–water partition coefficient (Wildman–Crippen LogP) is -0.254. The first-order chi connectivity index (χ1) is 4.84. The number of aliphatic hydroxyl groups excluding tert-OH is 1. The highest BCUT2D eigenvalue weighted by atomic mass is 16.5. The van der Waals surface area contributed by atoms with Gasteiger partial charge in [-0.1, -0.05) is 6.92 Å². The molecule has 10 heavy (non-hydrogen) atoms. The Bertz CT molecular complexity index is 97.6. The molecule has 0 aromatic heterocycles. The van der Waals surface area contributed by atoms with Crippen LogP contribution in [0.5, 0.6) is 0 Å². The summed E-state index contributed by atoms with van der Waals surface area (Å²) in [4.78, 5) is 0. The second kappa shape index (κ2) is 3.91. The summed E-state index contributed by atoms with van der Waals surface area (Å²) in [5.74, 6) is 0. The van der Waals surface area contributed by atoms with E-state index in [0.29, 0.717) is 6.54 Å². The molecule has 3 heteroatoms. The molecule has 0 aliphatic carbocycles. The molecule has 60 valence electrons. The van der Waals surface area contributed by atoms with Gasteiger partial charge in [0.15, 0.2) is 0 Å². The normalized spacial score (nSPS) is 33.0. The summed E-state index contributed by atoms with van der Waals surface area (Å²) in [6, 6.07) is 0. The smallest absolute Gasteiger partial charge is 0.0970 e. The lowest BCUT2D eigenvalue weighted by atomic mass is 10.3. The highest BCUT2D eigenvalue weighted by molar-refractivity contribution is 4.80. The third-order valence-corrected chi connectivity index (χ3v) is 1.66. The zero-order valence-corrected chi connectivity index (χ0v) is 6.34. The van der Waals surface area contributed by atoms with E-state index in [-0.39, 0.29) is 12.2 Å². The van der Waals surface area contributed by atoms with Crippen molar-refractivity contribution in [2.75, 3.05) is 19.7 Å². The molecule has 3 nitrogen and oxygen atoms in total. The maximum Gasteiger partial charge on any atom is 0.0970 e. The second-order valence-electron chi connectivity index (χ2n) is 2.63. The van der Waals surface area contributed by atoms with Crippen molar-refractivity contribution < 1.29 is 9.84 Å². The molecule has 0 aromatic carbocycles. The fourth-order valence-corrected chi connectivity index (χ4v) is 1.08. The Morgan fingerprint density at radius 3 is 2.90 bits per heavy atom. The van der Waals surface area contributed by atoms with Gasteiger partial charge in [-0.15, -0.1) is 0 Å². The Balaban J connectivity index is 2.14. The quantitative estimate of drug-likeness (QED) is 0.575. The van der Waals surface area contributed by atoms with Crippen LogP contribution in [0.4, 0.5) is 0 Å². The minimum Gasteiger partial charge on any atom is -0.389 e. The third-order valence-electron chi connectivity index (χ3n) is 1.66. The number of aliphatic hydroxyl groups is 1. The Hall–Kier alpha value is -0.120. The Kier molecular flexibility index (Phi) is 3.12. The van der Waals surface area contributed by atoms with E-state index in [0.717, 1.165) is 19.6 Å². The summed E-state index contributed by atoms with van der Waals surface area (Å²) in [6.45, 7) is 4.29. The Morgan fingerprint density at radius 1 is 1.60 bits per heavy atom. The van der Waals surface area contributed by atoms with Crippen LogP contribution in [0, 0.1) is 0 Å². The topological polar surface area (TPSA) is 41.5 Å². The first kappa shape index (κ1) is 7.98. The van der Waals surface area contributed by atoms with E-state index in [4.69, 9.17) is 4.74 Å². The lowest BCUT2D eigenvalue weighted by Gasteiger charge is -2.13. The molecule has 1 rings (SSSR count). The third kappa shape index (κ3) is 1.94. The van der Waals surface area contributed by atoms with Gasteiger partial charge in [0.2, 0.25) is 0 Å². The summed E-state index contributed by atoms with van der Waals surface area (Å²) in [5, 5.41) is 12.3. The molecular formula is C7H15NO2. The van der Waals surface area contributed by atoms with E-state index in [9.17, 15) is 5.11 Å². The Morgan fingerprint density at radius 2 is 2.40 bits per heavy atom. The maximum atomic E-state index is 9.23. The zero-order chi connectivity index (χ0) is 7.40. The number of ether oxygens (including phenoxy) is 1. The van der Waals surface area contributed by atoms with Crippen molar-refractivity contribution in [2.24, 2.45) is 0 Å². The van der Waals surface area contributed by atoms with Crippen LogP contribution in [-0.4, -0.2) is 37.0 Å². The van der Waals surface area contributed by atoms with E-state index in [2.05, 4.69) is 12.2 Å². The zero-order valence-electron chi connectivity index (χ0n) is 6.34. The SMILES string of the molecule is CCCOC1CNCC1O. The largest absolute Gasteiger partial charge is 0.389 e. The molecule has 1 heterocycles. The molecule has 1 aliphatic heterocycles. The molecule has 2 atom stereocenters. The second-order valence-corrected chi connectivity index (χ2v) is 2.63. The monoisotopic (exact) mass is 145 g/mol. The first-order valence-corrected chi connectivity index (χ1v) is 3.85. The Labute approximate surface area is 61.4 Å². The fraction of sp³-hybridized carbons (Fsp3) is 1.00. The molecule has 1 aliphatic rings. The highest BCUT2D eigenvalue weighted by Gasteiger charge is 2.24. The van der Waals surface area contributed by atoms with Gasteiger partial charge in [-0.3, -0.25) is 0 Å². The number of nitrogens with one attached hydrogen (secondary N) is 1. The molecule has 2 unspecified atom stereocenters. The van der Waals surface area contributed by atoms with Gasteiger partial charge in [-0.2, -0.15) is 0 Å². The van der Waals surface area contributed by atoms with Gasteiger partial charge < -0.3 is 15.2 Å². The molecule has 0 amide bonds. The van der Waals surface area contributed by atoms with Crippen LogP contribution in [0.1, 0.15) is 13.3 Å². The van der Waals surface area contributed by atoms with Crippen LogP contribution in [-0.2, 0) is 4.74 Å². The van der Waals surface area contributed by atoms with Crippen LogP contribution in [0.15, 0.2) is 0 Å². The molecule has 0 aromatic rings. The van der Waals surface area contributed by atoms with Gasteiger partial charge in [-0.05, 0) is 6.42 Å². The van der Waals surface area contributed by atoms with E-state index >= 15 is 0 Å². The van der Waals surface area contributed by atoms with Crippen LogP contribution >= 0.6 is 0 Å². The van der Waals surface area contributed by atoms with Gasteiger partial charge in [0.1, 0.15) is 0 Å². The molecule has 0 saturated carbocycles. The average Bonchev–Trinajstić information content (AvgIpc) is 2.31. The minimum absolute atomic E-state index is 0.0277. The van der Waals surface area contributed by atoms with E-state index in [1.807, 2.05) is 0 Å². The van der Waals surface area contributed by atoms with Crippen molar-refractivity contribution in [1.29, 1.82) is 0 Å². The molecule has 1 saturated heterocycles. The van der Waals surface area contributed by atoms with Crippen molar-refractivity contribution in [1.82, 2.24) is 5.32 Å². The van der Waals surface area contributed by atoms with Crippen LogP contribution < -0.4 is 5.32 Å². The van der Waals surface area contributed by atoms with Crippen molar-refractivity contribution >= 4 is 0 Å². The van der Waals surface area contributed by atoms with Crippen molar-refractivity contribution in [3.05, 3.63) is 0 Å². The lowest BCUT2D eigenvalue weighted by molar-refractivity contribution is -0.00749. The van der Waals surface area contributed by atoms with Gasteiger partial charge in [0, 0.05) is 19.7 Å². The summed E-state index contributed by atoms with van der Waals surface area (Å²) in [7, 11) is 0. The summed E-state index contributed by atoms with van der Waals surface area (Å²) in [5.41, 5.74) is 0. The molecule has 1 fully saturated rings. The van der Waals surface area contributed by atoms with Gasteiger partial charge in [0.25, 0.3) is 0 Å². The van der Waals surface area contributed by atoms with Gasteiger partial charge in [-0.25, -0.2) is 0 Å². The fourth-order valence-electron chi connectivity index (χ4n) is 1.08. The summed E-state index contributed by atoms with van der Waals surface area (Å²) in [6.07, 6.45) is 0.745. The van der Waals surface area contributed by atoms with Crippen LogP contribution in [0.2, 0.25) is 0 Å². The average molecular weight is 145 g/mol. The van der Waals surface area contributed by atoms with Gasteiger partial charge >= 0.3 is 0 Å². The standard InChI is InChI=1S/C7H15NO2/c1-2-3-10-7-5-8-4-6(7)9/h6-9H,2-5H2,1H3. The van der Waals surface area contributed by atoms with E-state index in [1.54, 1.807) is 0 Å². The molecule has 2 N–H and O–H groups in total. The predicted molar refractivity (Wildman–Crippen MR) is 38.9 cm³/mol. The molecule has 0 spiro atoms. The van der Waals surface area contributed by atoms with Crippen LogP contribution in [0.3, 0.4) is 0 Å². The number of hydrogen-bond donors (Lipinski definition) is 2. The maximum absolute atomic E-state index is 9.23. The van der Waals surface area contributed by atoms with Crippen LogP contribution in [0.25, 0.3) is 0 Å². The van der Waals surface area contributed by atoms with Crippen molar-refractivity contribution in [3.63, 3.8) is 0 Å². The summed E-state index contributed by atoms with van der Waals surface area (Å²) >= 11 is 0. The minimum atomic E-state index is -0.299. The summed E-state index contributed by atoms with van der Waals surface area (Å²) < 4.78 is 5.35. The molecule has 0 radical (unpaired) electrons. The number of β-amino-alcohol motifs (C(OH)–C–C–N with tert-alkyl or cyclic N) is 1. The molecule has 0 bridgehead atoms. The van der Waals surface area contributed by atoms with Crippen molar-refractivity contribution in [2.45, 2.75) is 25.6 Å². The van der Waals surface area contributed by atoms with Crippen molar-refractivity contribution in [3.8, 4) is 0 Å².